The summed E-state index contributed by atoms with van der Waals surface area (Å²) in [7, 11) is 1.83. The second-order valence-corrected chi connectivity index (χ2v) is 6.30. The van der Waals surface area contributed by atoms with Crippen LogP contribution in [-0.2, 0) is 11.8 Å². The summed E-state index contributed by atoms with van der Waals surface area (Å²) in [6.45, 7) is 3.98. The number of rotatable bonds is 4. The van der Waals surface area contributed by atoms with Gasteiger partial charge in [-0.1, -0.05) is 23.9 Å². The molecule has 3 rings (SSSR count). The smallest absolute Gasteiger partial charge is 0.234 e. The molecule has 23 heavy (non-hydrogen) atoms. The Morgan fingerprint density at radius 3 is 2.96 bits per heavy atom. The number of carbonyl (C=O) groups is 1. The molecule has 0 unspecified atom stereocenters. The van der Waals surface area contributed by atoms with Crippen molar-refractivity contribution < 1.29 is 4.79 Å². The maximum Gasteiger partial charge on any atom is 0.234 e. The summed E-state index contributed by atoms with van der Waals surface area (Å²) < 4.78 is 1.69. The molecule has 2 heterocycles. The van der Waals surface area contributed by atoms with Gasteiger partial charge >= 0.3 is 0 Å². The Bertz CT molecular complexity index is 874. The minimum atomic E-state index is -0.0562. The Balaban J connectivity index is 1.70. The van der Waals surface area contributed by atoms with E-state index in [0.29, 0.717) is 0 Å². The van der Waals surface area contributed by atoms with E-state index in [1.807, 2.05) is 39.1 Å². The van der Waals surface area contributed by atoms with Crippen molar-refractivity contribution in [3.8, 4) is 0 Å². The molecule has 1 amide bonds. The van der Waals surface area contributed by atoms with Gasteiger partial charge in [-0.2, -0.15) is 5.10 Å². The average molecular weight is 327 g/mol. The summed E-state index contributed by atoms with van der Waals surface area (Å²) in [6, 6.07) is 6.00. The van der Waals surface area contributed by atoms with Crippen molar-refractivity contribution in [3.63, 3.8) is 0 Å². The highest BCUT2D eigenvalue weighted by molar-refractivity contribution is 8.00. The number of aromatic nitrogens is 4. The fraction of sp³-hybridized carbons (Fsp3) is 0.250. The second kappa shape index (κ2) is 6.37. The molecule has 0 saturated heterocycles. The molecule has 2 aromatic heterocycles. The third kappa shape index (κ3) is 3.34. The van der Waals surface area contributed by atoms with Gasteiger partial charge in [0.05, 0.1) is 17.3 Å². The fourth-order valence-corrected chi connectivity index (χ4v) is 3.01. The Morgan fingerprint density at radius 2 is 2.13 bits per heavy atom. The van der Waals surface area contributed by atoms with Crippen LogP contribution in [0.25, 0.3) is 11.0 Å². The van der Waals surface area contributed by atoms with Crippen LogP contribution in [0.3, 0.4) is 0 Å². The second-order valence-electron chi connectivity index (χ2n) is 5.34. The SMILES string of the molecule is Cc1ccc(C)c(NC(=O)CSc2ncnc3c2cnn3C)c1. The third-order valence-electron chi connectivity index (χ3n) is 3.50. The lowest BCUT2D eigenvalue weighted by molar-refractivity contribution is -0.113. The minimum absolute atomic E-state index is 0.0562. The van der Waals surface area contributed by atoms with E-state index in [4.69, 9.17) is 0 Å². The van der Waals surface area contributed by atoms with Crippen molar-refractivity contribution in [1.82, 2.24) is 19.7 Å². The number of thioether (sulfide) groups is 1. The van der Waals surface area contributed by atoms with Gasteiger partial charge in [-0.3, -0.25) is 9.48 Å². The molecule has 6 nitrogen and oxygen atoms in total. The number of nitrogens with zero attached hydrogens (tertiary/aromatic N) is 4. The van der Waals surface area contributed by atoms with E-state index in [0.717, 1.165) is 32.9 Å². The van der Waals surface area contributed by atoms with Gasteiger partial charge in [0.25, 0.3) is 0 Å². The number of carbonyl (C=O) groups excluding carboxylic acids is 1. The normalized spacial score (nSPS) is 10.9. The van der Waals surface area contributed by atoms with Crippen LogP contribution in [0.15, 0.2) is 35.7 Å². The number of aryl methyl sites for hydroxylation is 3. The van der Waals surface area contributed by atoms with E-state index in [2.05, 4.69) is 20.4 Å². The van der Waals surface area contributed by atoms with Crippen LogP contribution in [0.1, 0.15) is 11.1 Å². The standard InChI is InChI=1S/C16H17N5OS/c1-10-4-5-11(2)13(6-10)20-14(22)8-23-16-12-7-19-21(3)15(12)17-9-18-16/h4-7,9H,8H2,1-3H3,(H,20,22). The first-order valence-electron chi connectivity index (χ1n) is 7.17. The van der Waals surface area contributed by atoms with Crippen molar-refractivity contribution >= 4 is 34.4 Å². The number of benzene rings is 1. The van der Waals surface area contributed by atoms with Crippen molar-refractivity contribution in [2.24, 2.45) is 7.05 Å². The molecule has 0 saturated carbocycles. The zero-order valence-corrected chi connectivity index (χ0v) is 14.0. The van der Waals surface area contributed by atoms with Crippen LogP contribution in [0.2, 0.25) is 0 Å². The Morgan fingerprint density at radius 1 is 1.30 bits per heavy atom. The van der Waals surface area contributed by atoms with E-state index in [1.165, 1.54) is 18.1 Å². The first-order chi connectivity index (χ1) is 11.0. The zero-order valence-electron chi connectivity index (χ0n) is 13.2. The summed E-state index contributed by atoms with van der Waals surface area (Å²) in [5.74, 6) is 0.230. The van der Waals surface area contributed by atoms with E-state index in [9.17, 15) is 4.79 Å². The molecule has 0 spiro atoms. The van der Waals surface area contributed by atoms with Crippen LogP contribution >= 0.6 is 11.8 Å². The molecule has 7 heteroatoms. The lowest BCUT2D eigenvalue weighted by Crippen LogP contribution is -2.15. The molecule has 0 fully saturated rings. The first kappa shape index (κ1) is 15.5. The van der Waals surface area contributed by atoms with Gasteiger partial charge in [0, 0.05) is 12.7 Å². The van der Waals surface area contributed by atoms with Crippen molar-refractivity contribution in [2.75, 3.05) is 11.1 Å². The van der Waals surface area contributed by atoms with Crippen molar-refractivity contribution in [3.05, 3.63) is 41.9 Å². The molecule has 3 aromatic rings. The lowest BCUT2D eigenvalue weighted by Gasteiger charge is -2.09. The number of nitrogens with one attached hydrogen (secondary N) is 1. The minimum Gasteiger partial charge on any atom is -0.325 e. The number of hydrogen-bond donors (Lipinski definition) is 1. The molecule has 0 aliphatic carbocycles. The summed E-state index contributed by atoms with van der Waals surface area (Å²) >= 11 is 1.38. The van der Waals surface area contributed by atoms with Crippen molar-refractivity contribution in [1.29, 1.82) is 0 Å². The highest BCUT2D eigenvalue weighted by Gasteiger charge is 2.11. The average Bonchev–Trinajstić information content (AvgIpc) is 2.91. The quantitative estimate of drug-likeness (QED) is 0.589. The van der Waals surface area contributed by atoms with Crippen LogP contribution in [-0.4, -0.2) is 31.4 Å². The lowest BCUT2D eigenvalue weighted by atomic mass is 10.1. The van der Waals surface area contributed by atoms with E-state index < -0.39 is 0 Å². The first-order valence-corrected chi connectivity index (χ1v) is 8.16. The number of amides is 1. The summed E-state index contributed by atoms with van der Waals surface area (Å²) in [5.41, 5.74) is 3.78. The Labute approximate surface area is 138 Å². The monoisotopic (exact) mass is 327 g/mol. The Kier molecular flexibility index (Phi) is 4.29. The molecule has 0 aliphatic rings. The zero-order chi connectivity index (χ0) is 16.4. The van der Waals surface area contributed by atoms with Crippen LogP contribution in [0.5, 0.6) is 0 Å². The van der Waals surface area contributed by atoms with E-state index in [-0.39, 0.29) is 11.7 Å². The van der Waals surface area contributed by atoms with Gasteiger partial charge in [-0.25, -0.2) is 9.97 Å². The van der Waals surface area contributed by atoms with Gasteiger partial charge in [-0.05, 0) is 31.0 Å². The van der Waals surface area contributed by atoms with Gasteiger partial charge in [0.2, 0.25) is 5.91 Å². The maximum atomic E-state index is 12.2. The van der Waals surface area contributed by atoms with Crippen LogP contribution in [0.4, 0.5) is 5.69 Å². The number of fused-ring (bicyclic) bond motifs is 1. The van der Waals surface area contributed by atoms with E-state index in [1.54, 1.807) is 10.9 Å². The molecule has 1 N–H and O–H groups in total. The molecular weight excluding hydrogens is 310 g/mol. The summed E-state index contributed by atoms with van der Waals surface area (Å²) in [4.78, 5) is 20.6. The fourth-order valence-electron chi connectivity index (χ4n) is 2.25. The molecule has 1 aromatic carbocycles. The molecule has 0 radical (unpaired) electrons. The summed E-state index contributed by atoms with van der Waals surface area (Å²) in [5, 5.41) is 8.75. The topological polar surface area (TPSA) is 72.7 Å². The van der Waals surface area contributed by atoms with Gasteiger partial charge in [-0.15, -0.1) is 0 Å². The molecule has 118 valence electrons. The van der Waals surface area contributed by atoms with Gasteiger partial charge < -0.3 is 5.32 Å². The molecule has 0 bridgehead atoms. The van der Waals surface area contributed by atoms with Gasteiger partial charge in [0.15, 0.2) is 5.65 Å². The molecular formula is C16H17N5OS. The summed E-state index contributed by atoms with van der Waals surface area (Å²) in [6.07, 6.45) is 3.22. The predicted molar refractivity (Wildman–Crippen MR) is 91.6 cm³/mol. The number of anilines is 1. The third-order valence-corrected chi connectivity index (χ3v) is 4.51. The van der Waals surface area contributed by atoms with Crippen LogP contribution in [0, 0.1) is 13.8 Å². The molecule has 0 atom stereocenters. The Hall–Kier alpha value is -2.41. The van der Waals surface area contributed by atoms with E-state index >= 15 is 0 Å². The highest BCUT2D eigenvalue weighted by atomic mass is 32.2. The maximum absolute atomic E-state index is 12.2. The highest BCUT2D eigenvalue weighted by Crippen LogP contribution is 2.24. The number of hydrogen-bond acceptors (Lipinski definition) is 5. The predicted octanol–water partition coefficient (Wildman–Crippen LogP) is 2.71. The van der Waals surface area contributed by atoms with Crippen molar-refractivity contribution in [2.45, 2.75) is 18.9 Å². The van der Waals surface area contributed by atoms with Gasteiger partial charge in [0.1, 0.15) is 11.4 Å². The molecule has 0 aliphatic heterocycles. The largest absolute Gasteiger partial charge is 0.325 e. The van der Waals surface area contributed by atoms with Crippen LogP contribution < -0.4 is 5.32 Å².